The summed E-state index contributed by atoms with van der Waals surface area (Å²) in [5.41, 5.74) is 2.54. The lowest BCUT2D eigenvalue weighted by Gasteiger charge is -2.03. The summed E-state index contributed by atoms with van der Waals surface area (Å²) in [6.45, 7) is 0. The molecule has 0 bridgehead atoms. The van der Waals surface area contributed by atoms with Crippen molar-refractivity contribution in [3.8, 4) is 5.75 Å². The molecule has 0 aliphatic heterocycles. The number of rotatable bonds is 1. The third-order valence-corrected chi connectivity index (χ3v) is 2.90. The minimum absolute atomic E-state index is 0.638. The zero-order valence-corrected chi connectivity index (χ0v) is 9.40. The Kier molecular flexibility index (Phi) is 2.01. The van der Waals surface area contributed by atoms with E-state index in [2.05, 4.69) is 4.98 Å². The van der Waals surface area contributed by atoms with Crippen molar-refractivity contribution in [3.05, 3.63) is 41.6 Å². The van der Waals surface area contributed by atoms with E-state index in [1.54, 1.807) is 13.2 Å². The molecule has 2 heterocycles. The Morgan fingerprint density at radius 1 is 1.25 bits per heavy atom. The minimum Gasteiger partial charge on any atom is -0.494 e. The summed E-state index contributed by atoms with van der Waals surface area (Å²) < 4.78 is 7.30. The maximum atomic E-state index is 6.13. The number of benzene rings is 1. The van der Waals surface area contributed by atoms with Gasteiger partial charge in [-0.3, -0.25) is 4.40 Å². The van der Waals surface area contributed by atoms with Gasteiger partial charge in [-0.25, -0.2) is 4.98 Å². The molecule has 0 N–H and O–H groups in total. The molecule has 2 aromatic heterocycles. The van der Waals surface area contributed by atoms with Gasteiger partial charge in [0, 0.05) is 6.20 Å². The number of halogens is 1. The van der Waals surface area contributed by atoms with Gasteiger partial charge >= 0.3 is 0 Å². The molecule has 4 heteroatoms. The molecule has 0 aliphatic carbocycles. The summed E-state index contributed by atoms with van der Waals surface area (Å²) in [7, 11) is 1.64. The lowest BCUT2D eigenvalue weighted by molar-refractivity contribution is 0.418. The van der Waals surface area contributed by atoms with Gasteiger partial charge in [-0.1, -0.05) is 17.7 Å². The van der Waals surface area contributed by atoms with E-state index in [1.165, 1.54) is 0 Å². The van der Waals surface area contributed by atoms with Crippen LogP contribution in [0, 0.1) is 0 Å². The van der Waals surface area contributed by atoms with Gasteiger partial charge in [-0.05, 0) is 24.3 Å². The van der Waals surface area contributed by atoms with E-state index in [-0.39, 0.29) is 0 Å². The second kappa shape index (κ2) is 3.39. The monoisotopic (exact) mass is 232 g/mol. The third-order valence-electron chi connectivity index (χ3n) is 2.59. The largest absolute Gasteiger partial charge is 0.494 e. The van der Waals surface area contributed by atoms with Gasteiger partial charge in [-0.2, -0.15) is 0 Å². The highest BCUT2D eigenvalue weighted by Gasteiger charge is 2.11. The molecule has 80 valence electrons. The molecule has 0 unspecified atom stereocenters. The average Bonchev–Trinajstić information content (AvgIpc) is 2.70. The van der Waals surface area contributed by atoms with Gasteiger partial charge in [0.15, 0.2) is 0 Å². The van der Waals surface area contributed by atoms with Gasteiger partial charge in [0.25, 0.3) is 0 Å². The molecule has 3 rings (SSSR count). The summed E-state index contributed by atoms with van der Waals surface area (Å²) in [4.78, 5) is 4.47. The standard InChI is InChI=1S/C12H9ClN2O/c1-16-9-6-5-8(13)11-12(9)15-7-3-2-4-10(15)14-11/h2-7H,1H3. The van der Waals surface area contributed by atoms with Crippen molar-refractivity contribution in [2.45, 2.75) is 0 Å². The van der Waals surface area contributed by atoms with Crippen molar-refractivity contribution in [1.29, 1.82) is 0 Å². The van der Waals surface area contributed by atoms with E-state index < -0.39 is 0 Å². The van der Waals surface area contributed by atoms with Crippen molar-refractivity contribution in [2.24, 2.45) is 0 Å². The number of pyridine rings is 1. The molecule has 16 heavy (non-hydrogen) atoms. The van der Waals surface area contributed by atoms with E-state index in [4.69, 9.17) is 16.3 Å². The van der Waals surface area contributed by atoms with Gasteiger partial charge < -0.3 is 4.74 Å². The van der Waals surface area contributed by atoms with Crippen molar-refractivity contribution in [2.75, 3.05) is 7.11 Å². The van der Waals surface area contributed by atoms with Crippen LogP contribution in [0.25, 0.3) is 16.7 Å². The van der Waals surface area contributed by atoms with Crippen LogP contribution in [0.4, 0.5) is 0 Å². The number of imidazole rings is 1. The molecule has 0 amide bonds. The summed E-state index contributed by atoms with van der Waals surface area (Å²) in [6.07, 6.45) is 1.95. The number of hydrogen-bond donors (Lipinski definition) is 0. The molecular formula is C12H9ClN2O. The second-order valence-corrected chi connectivity index (χ2v) is 3.89. The van der Waals surface area contributed by atoms with Gasteiger partial charge in [0.05, 0.1) is 12.1 Å². The van der Waals surface area contributed by atoms with Crippen LogP contribution in [0.1, 0.15) is 0 Å². The first kappa shape index (κ1) is 9.48. The highest BCUT2D eigenvalue weighted by molar-refractivity contribution is 6.35. The lowest BCUT2D eigenvalue weighted by atomic mass is 10.3. The van der Waals surface area contributed by atoms with Crippen molar-refractivity contribution in [1.82, 2.24) is 9.38 Å². The van der Waals surface area contributed by atoms with Crippen molar-refractivity contribution >= 4 is 28.3 Å². The van der Waals surface area contributed by atoms with E-state index in [1.807, 2.05) is 34.9 Å². The highest BCUT2D eigenvalue weighted by Crippen LogP contribution is 2.31. The van der Waals surface area contributed by atoms with Crippen molar-refractivity contribution in [3.63, 3.8) is 0 Å². The zero-order valence-electron chi connectivity index (χ0n) is 8.64. The van der Waals surface area contributed by atoms with E-state index in [9.17, 15) is 0 Å². The van der Waals surface area contributed by atoms with Gasteiger partial charge in [0.2, 0.25) is 0 Å². The lowest BCUT2D eigenvalue weighted by Crippen LogP contribution is -1.88. The number of fused-ring (bicyclic) bond motifs is 3. The highest BCUT2D eigenvalue weighted by atomic mass is 35.5. The number of ether oxygens (including phenoxy) is 1. The normalized spacial score (nSPS) is 11.1. The van der Waals surface area contributed by atoms with Crippen molar-refractivity contribution < 1.29 is 4.74 Å². The first-order chi connectivity index (χ1) is 7.81. The van der Waals surface area contributed by atoms with Crippen LogP contribution in [0.2, 0.25) is 5.02 Å². The number of aromatic nitrogens is 2. The van der Waals surface area contributed by atoms with Crippen LogP contribution in [0.5, 0.6) is 5.75 Å². The number of methoxy groups -OCH3 is 1. The van der Waals surface area contributed by atoms with E-state index in [0.717, 1.165) is 22.4 Å². The number of nitrogens with zero attached hydrogens (tertiary/aromatic N) is 2. The Balaban J connectivity index is 2.59. The molecule has 3 nitrogen and oxygen atoms in total. The smallest absolute Gasteiger partial charge is 0.145 e. The molecule has 0 fully saturated rings. The Morgan fingerprint density at radius 3 is 2.94 bits per heavy atom. The van der Waals surface area contributed by atoms with Crippen LogP contribution in [-0.2, 0) is 0 Å². The maximum absolute atomic E-state index is 6.13. The first-order valence-electron chi connectivity index (χ1n) is 4.90. The maximum Gasteiger partial charge on any atom is 0.145 e. The fraction of sp³-hybridized carbons (Fsp3) is 0.0833. The molecule has 0 saturated heterocycles. The van der Waals surface area contributed by atoms with Crippen LogP contribution >= 0.6 is 11.6 Å². The van der Waals surface area contributed by atoms with E-state index in [0.29, 0.717) is 5.02 Å². The second-order valence-electron chi connectivity index (χ2n) is 3.49. The summed E-state index contributed by atoms with van der Waals surface area (Å²) in [5, 5.41) is 0.638. The quantitative estimate of drug-likeness (QED) is 0.644. The summed E-state index contributed by atoms with van der Waals surface area (Å²) in [5.74, 6) is 0.776. The predicted molar refractivity (Wildman–Crippen MR) is 64.3 cm³/mol. The SMILES string of the molecule is COc1ccc(Cl)c2nc3ccccn3c12. The molecule has 0 radical (unpaired) electrons. The molecule has 0 spiro atoms. The molecule has 0 atom stereocenters. The van der Waals surface area contributed by atoms with Crippen LogP contribution < -0.4 is 4.74 Å². The topological polar surface area (TPSA) is 26.5 Å². The summed E-state index contributed by atoms with van der Waals surface area (Å²) >= 11 is 6.13. The Labute approximate surface area is 97.2 Å². The van der Waals surface area contributed by atoms with Gasteiger partial charge in [0.1, 0.15) is 22.4 Å². The number of hydrogen-bond acceptors (Lipinski definition) is 2. The fourth-order valence-corrected chi connectivity index (χ4v) is 2.06. The Bertz CT molecular complexity index is 675. The third kappa shape index (κ3) is 1.18. The molecule has 0 aliphatic rings. The van der Waals surface area contributed by atoms with Crippen LogP contribution in [0.3, 0.4) is 0 Å². The molecule has 1 aromatic carbocycles. The zero-order chi connectivity index (χ0) is 11.1. The fourth-order valence-electron chi connectivity index (χ4n) is 1.87. The average molecular weight is 233 g/mol. The Morgan fingerprint density at radius 2 is 2.12 bits per heavy atom. The molecule has 0 saturated carbocycles. The van der Waals surface area contributed by atoms with E-state index >= 15 is 0 Å². The minimum atomic E-state index is 0.638. The molecule has 3 aromatic rings. The van der Waals surface area contributed by atoms with Crippen LogP contribution in [0.15, 0.2) is 36.5 Å². The van der Waals surface area contributed by atoms with Crippen LogP contribution in [-0.4, -0.2) is 16.5 Å². The first-order valence-corrected chi connectivity index (χ1v) is 5.28. The molecular weight excluding hydrogens is 224 g/mol. The predicted octanol–water partition coefficient (Wildman–Crippen LogP) is 3.15. The van der Waals surface area contributed by atoms with Gasteiger partial charge in [-0.15, -0.1) is 0 Å². The summed E-state index contributed by atoms with van der Waals surface area (Å²) in [6, 6.07) is 9.49. The Hall–Kier alpha value is -1.74.